The number of hydrazine groups is 1. The van der Waals surface area contributed by atoms with E-state index in [9.17, 15) is 9.59 Å². The molecule has 62 valence electrons. The average Bonchev–Trinajstić information content (AvgIpc) is 2.06. The molecule has 5 nitrogen and oxygen atoms in total. The van der Waals surface area contributed by atoms with Crippen LogP contribution in [0.2, 0.25) is 0 Å². The molecule has 0 atom stereocenters. The van der Waals surface area contributed by atoms with Crippen molar-refractivity contribution in [3.05, 3.63) is 12.8 Å². The second-order valence-electron chi connectivity index (χ2n) is 1.84. The fraction of sp³-hybridized carbons (Fsp3) is 0.333. The fourth-order valence-electron chi connectivity index (χ4n) is 0.490. The summed E-state index contributed by atoms with van der Waals surface area (Å²) in [5, 5.41) is 0. The molecule has 0 aliphatic rings. The van der Waals surface area contributed by atoms with Gasteiger partial charge in [-0.2, -0.15) is 0 Å². The number of carbonyl (C=O) groups is 2. The maximum absolute atomic E-state index is 10.5. The Bertz CT molecular complexity index is 150. The van der Waals surface area contributed by atoms with Crippen LogP contribution in [0, 0.1) is 0 Å². The van der Waals surface area contributed by atoms with E-state index in [-0.39, 0.29) is 12.3 Å². The number of nitrogens with two attached hydrogens (primary N) is 1. The van der Waals surface area contributed by atoms with Gasteiger partial charge in [0.2, 0.25) is 12.3 Å². The van der Waals surface area contributed by atoms with Gasteiger partial charge in [0.05, 0.1) is 0 Å². The molecule has 0 unspecified atom stereocenters. The van der Waals surface area contributed by atoms with Crippen LogP contribution in [0.15, 0.2) is 12.8 Å². The van der Waals surface area contributed by atoms with Crippen LogP contribution in [0.1, 0.15) is 6.42 Å². The van der Waals surface area contributed by atoms with Crippen LogP contribution in [-0.2, 0) is 9.59 Å². The van der Waals surface area contributed by atoms with Crippen molar-refractivity contribution in [1.82, 2.24) is 10.3 Å². The second-order valence-corrected chi connectivity index (χ2v) is 1.84. The first kappa shape index (κ1) is 9.64. The highest BCUT2D eigenvalue weighted by molar-refractivity contribution is 5.75. The molecule has 0 rings (SSSR count). The average molecular weight is 157 g/mol. The molecule has 11 heavy (non-hydrogen) atoms. The van der Waals surface area contributed by atoms with Crippen molar-refractivity contribution in [3.8, 4) is 0 Å². The van der Waals surface area contributed by atoms with Crippen LogP contribution in [0.3, 0.4) is 0 Å². The highest BCUT2D eigenvalue weighted by atomic mass is 16.2. The summed E-state index contributed by atoms with van der Waals surface area (Å²) < 4.78 is 0. The minimum Gasteiger partial charge on any atom is -0.322 e. The van der Waals surface area contributed by atoms with Crippen LogP contribution in [0.5, 0.6) is 0 Å². The molecule has 0 aliphatic heterocycles. The molecule has 0 aromatic heterocycles. The van der Waals surface area contributed by atoms with Crippen LogP contribution in [0.4, 0.5) is 0 Å². The second kappa shape index (κ2) is 5.43. The van der Waals surface area contributed by atoms with E-state index in [0.717, 1.165) is 0 Å². The van der Waals surface area contributed by atoms with Crippen molar-refractivity contribution in [2.75, 3.05) is 6.54 Å². The van der Waals surface area contributed by atoms with Gasteiger partial charge in [-0.25, -0.2) is 5.84 Å². The Morgan fingerprint density at radius 3 is 2.73 bits per heavy atom. The first-order valence-electron chi connectivity index (χ1n) is 3.07. The van der Waals surface area contributed by atoms with Crippen molar-refractivity contribution in [3.63, 3.8) is 0 Å². The fourth-order valence-corrected chi connectivity index (χ4v) is 0.490. The Morgan fingerprint density at radius 1 is 1.73 bits per heavy atom. The highest BCUT2D eigenvalue weighted by Gasteiger charge is 2.00. The molecule has 0 radical (unpaired) electrons. The Hall–Kier alpha value is -1.36. The van der Waals surface area contributed by atoms with Crippen molar-refractivity contribution in [1.29, 1.82) is 0 Å². The van der Waals surface area contributed by atoms with Gasteiger partial charge in [-0.15, -0.1) is 0 Å². The molecule has 0 saturated heterocycles. The number of nitrogens with one attached hydrogen (secondary N) is 1. The van der Waals surface area contributed by atoms with Gasteiger partial charge in [0.15, 0.2) is 0 Å². The number of hydrogen-bond donors (Lipinski definition) is 2. The summed E-state index contributed by atoms with van der Waals surface area (Å²) in [7, 11) is 0. The topological polar surface area (TPSA) is 75.4 Å². The first-order chi connectivity index (χ1) is 5.24. The molecule has 3 N–H and O–H groups in total. The summed E-state index contributed by atoms with van der Waals surface area (Å²) in [4.78, 5) is 21.9. The Labute approximate surface area is 64.8 Å². The van der Waals surface area contributed by atoms with Gasteiger partial charge in [0, 0.05) is 13.0 Å². The number of nitrogens with zero attached hydrogens (tertiary/aromatic N) is 1. The number of rotatable bonds is 5. The standard InChI is InChI=1S/C6H11N3O2/c1-2-9(5-10)4-3-6(11)8-7/h2,5H,1,3-4,7H2,(H,8,11). The zero-order valence-electron chi connectivity index (χ0n) is 6.12. The van der Waals surface area contributed by atoms with Crippen LogP contribution < -0.4 is 11.3 Å². The molecule has 2 amide bonds. The first-order valence-corrected chi connectivity index (χ1v) is 3.07. The summed E-state index contributed by atoms with van der Waals surface area (Å²) in [6, 6.07) is 0. The normalized spacial score (nSPS) is 8.45. The summed E-state index contributed by atoms with van der Waals surface area (Å²) in [5.41, 5.74) is 1.95. The van der Waals surface area contributed by atoms with E-state index >= 15 is 0 Å². The Balaban J connectivity index is 3.58. The molecule has 0 aromatic carbocycles. The summed E-state index contributed by atoms with van der Waals surface area (Å²) in [5.74, 6) is 4.50. The number of hydrogen-bond acceptors (Lipinski definition) is 3. The lowest BCUT2D eigenvalue weighted by Gasteiger charge is -2.09. The number of amides is 2. The van der Waals surface area contributed by atoms with Crippen LogP contribution in [0.25, 0.3) is 0 Å². The maximum Gasteiger partial charge on any atom is 0.235 e. The van der Waals surface area contributed by atoms with E-state index in [2.05, 4.69) is 6.58 Å². The SMILES string of the molecule is C=CN(C=O)CCC(=O)NN. The van der Waals surface area contributed by atoms with E-state index in [1.165, 1.54) is 11.1 Å². The van der Waals surface area contributed by atoms with E-state index < -0.39 is 0 Å². The molecule has 5 heteroatoms. The van der Waals surface area contributed by atoms with E-state index in [0.29, 0.717) is 13.0 Å². The summed E-state index contributed by atoms with van der Waals surface area (Å²) in [6.45, 7) is 3.67. The molecule has 0 fully saturated rings. The monoisotopic (exact) mass is 157 g/mol. The van der Waals surface area contributed by atoms with Gasteiger partial charge < -0.3 is 4.90 Å². The van der Waals surface area contributed by atoms with Crippen molar-refractivity contribution >= 4 is 12.3 Å². The third-order valence-electron chi connectivity index (χ3n) is 1.13. The van der Waals surface area contributed by atoms with E-state index in [4.69, 9.17) is 5.84 Å². The molecule has 0 aliphatic carbocycles. The predicted molar refractivity (Wildman–Crippen MR) is 39.9 cm³/mol. The lowest BCUT2D eigenvalue weighted by molar-refractivity contribution is -0.122. The Morgan fingerprint density at radius 2 is 2.36 bits per heavy atom. The van der Waals surface area contributed by atoms with Gasteiger partial charge >= 0.3 is 0 Å². The minimum atomic E-state index is -0.307. The van der Waals surface area contributed by atoms with Crippen molar-refractivity contribution in [2.45, 2.75) is 6.42 Å². The van der Waals surface area contributed by atoms with E-state index in [1.807, 2.05) is 5.43 Å². The zero-order valence-corrected chi connectivity index (χ0v) is 6.12. The predicted octanol–water partition coefficient (Wildman–Crippen LogP) is -1.03. The molecule has 0 aromatic rings. The third-order valence-corrected chi connectivity index (χ3v) is 1.13. The lowest BCUT2D eigenvalue weighted by atomic mass is 10.4. The van der Waals surface area contributed by atoms with Gasteiger partial charge in [-0.05, 0) is 6.20 Å². The van der Waals surface area contributed by atoms with Crippen LogP contribution in [-0.4, -0.2) is 23.8 Å². The highest BCUT2D eigenvalue weighted by Crippen LogP contribution is 1.86. The summed E-state index contributed by atoms with van der Waals surface area (Å²) >= 11 is 0. The van der Waals surface area contributed by atoms with Gasteiger partial charge in [0.25, 0.3) is 0 Å². The molecular formula is C6H11N3O2. The maximum atomic E-state index is 10.5. The minimum absolute atomic E-state index is 0.182. The molecule has 0 bridgehead atoms. The molecular weight excluding hydrogens is 146 g/mol. The smallest absolute Gasteiger partial charge is 0.235 e. The van der Waals surface area contributed by atoms with Crippen molar-refractivity contribution in [2.24, 2.45) is 5.84 Å². The largest absolute Gasteiger partial charge is 0.322 e. The Kier molecular flexibility index (Phi) is 4.76. The lowest BCUT2D eigenvalue weighted by Crippen LogP contribution is -2.32. The van der Waals surface area contributed by atoms with Gasteiger partial charge in [-0.3, -0.25) is 15.0 Å². The molecule has 0 spiro atoms. The zero-order chi connectivity index (χ0) is 8.69. The quantitative estimate of drug-likeness (QED) is 0.232. The third kappa shape index (κ3) is 4.10. The molecule has 0 saturated carbocycles. The molecule has 0 heterocycles. The van der Waals surface area contributed by atoms with Gasteiger partial charge in [-0.1, -0.05) is 6.58 Å². The van der Waals surface area contributed by atoms with E-state index in [1.54, 1.807) is 0 Å². The number of carbonyl (C=O) groups excluding carboxylic acids is 2. The van der Waals surface area contributed by atoms with Crippen LogP contribution >= 0.6 is 0 Å². The van der Waals surface area contributed by atoms with Crippen molar-refractivity contribution < 1.29 is 9.59 Å². The summed E-state index contributed by atoms with van der Waals surface area (Å²) in [6.07, 6.45) is 2.12. The van der Waals surface area contributed by atoms with Gasteiger partial charge in [0.1, 0.15) is 0 Å².